The summed E-state index contributed by atoms with van der Waals surface area (Å²) in [6.07, 6.45) is 10.4. The smallest absolute Gasteiger partial charge is 0.201 e. The predicted molar refractivity (Wildman–Crippen MR) is 167 cm³/mol. The van der Waals surface area contributed by atoms with Gasteiger partial charge in [0.2, 0.25) is 5.52 Å². The van der Waals surface area contributed by atoms with Gasteiger partial charge in [-0.15, -0.1) is 0 Å². The van der Waals surface area contributed by atoms with Crippen LogP contribution in [0.3, 0.4) is 0 Å². The minimum atomic E-state index is -0.938. The van der Waals surface area contributed by atoms with Crippen molar-refractivity contribution in [2.75, 3.05) is 0 Å². The Kier molecular flexibility index (Phi) is 10.3. The standard InChI is InChI=1S/C26H32B.C10H10N/c1-2-3-4-5-6-16-23-27(24-17-10-7-11-18-24,25-19-12-8-13-20-25)26-21-14-9-15-22-26;1-11-8-4-6-9-5-2-3-7-10(9)11/h7-15,17-22H,2-6,16,23H2,1H3;2-8H,1H3/q-1;+1. The Morgan fingerprint density at radius 3 is 1.47 bits per heavy atom. The first-order valence-electron chi connectivity index (χ1n) is 14.4. The van der Waals surface area contributed by atoms with Crippen LogP contribution in [0.25, 0.3) is 10.9 Å². The molecule has 1 heterocycles. The number of hydrogen-bond acceptors (Lipinski definition) is 0. The summed E-state index contributed by atoms with van der Waals surface area (Å²) in [5.74, 6) is 0. The molecule has 1 nitrogen and oxygen atoms in total. The van der Waals surface area contributed by atoms with E-state index in [0.717, 1.165) is 0 Å². The van der Waals surface area contributed by atoms with Gasteiger partial charge in [0.1, 0.15) is 7.05 Å². The molecule has 0 bridgehead atoms. The number of nitrogens with zero attached hydrogens (tertiary/aromatic N) is 1. The second-order valence-electron chi connectivity index (χ2n) is 10.5. The number of pyridine rings is 1. The molecule has 5 rings (SSSR count). The molecule has 0 amide bonds. The molecule has 4 aromatic carbocycles. The topological polar surface area (TPSA) is 3.88 Å². The Balaban J connectivity index is 0.000000253. The van der Waals surface area contributed by atoms with Crippen LogP contribution in [0.15, 0.2) is 134 Å². The third-order valence-electron chi connectivity index (χ3n) is 8.00. The van der Waals surface area contributed by atoms with Crippen molar-refractivity contribution in [3.05, 3.63) is 134 Å². The van der Waals surface area contributed by atoms with Crippen LogP contribution in [-0.2, 0) is 7.05 Å². The molecule has 0 aliphatic heterocycles. The van der Waals surface area contributed by atoms with Crippen LogP contribution in [-0.4, -0.2) is 6.15 Å². The van der Waals surface area contributed by atoms with Gasteiger partial charge in [0.15, 0.2) is 6.20 Å². The summed E-state index contributed by atoms with van der Waals surface area (Å²) in [6.45, 7) is 2.29. The van der Waals surface area contributed by atoms with E-state index in [0.29, 0.717) is 0 Å². The van der Waals surface area contributed by atoms with Crippen LogP contribution in [0.5, 0.6) is 0 Å². The molecule has 0 saturated heterocycles. The number of fused-ring (bicyclic) bond motifs is 1. The summed E-state index contributed by atoms with van der Waals surface area (Å²) < 4.78 is 2.12. The van der Waals surface area contributed by atoms with E-state index >= 15 is 0 Å². The lowest BCUT2D eigenvalue weighted by Gasteiger charge is -2.43. The zero-order valence-corrected chi connectivity index (χ0v) is 23.2. The van der Waals surface area contributed by atoms with E-state index in [9.17, 15) is 0 Å². The molecule has 0 radical (unpaired) electrons. The molecule has 0 spiro atoms. The number of benzene rings is 4. The van der Waals surface area contributed by atoms with Gasteiger partial charge in [-0.25, -0.2) is 4.57 Å². The minimum absolute atomic E-state index is 0.938. The average molecular weight is 500 g/mol. The largest absolute Gasteiger partial charge is 0.212 e. The second kappa shape index (κ2) is 14.3. The van der Waals surface area contributed by atoms with Crippen molar-refractivity contribution in [3.8, 4) is 0 Å². The van der Waals surface area contributed by atoms with Gasteiger partial charge in [-0.1, -0.05) is 149 Å². The SMILES string of the molecule is CCCCCCCC[B-](c1ccccc1)(c1ccccc1)c1ccccc1.C[n+]1cccc2ccccc21. The third kappa shape index (κ3) is 6.81. The maximum atomic E-state index is 2.33. The van der Waals surface area contributed by atoms with Crippen molar-refractivity contribution in [2.45, 2.75) is 51.8 Å². The van der Waals surface area contributed by atoms with Gasteiger partial charge < -0.3 is 0 Å². The van der Waals surface area contributed by atoms with Crippen LogP contribution in [0.4, 0.5) is 0 Å². The number of hydrogen-bond donors (Lipinski definition) is 0. The second-order valence-corrected chi connectivity index (χ2v) is 10.5. The highest BCUT2D eigenvalue weighted by Crippen LogP contribution is 2.18. The number of unbranched alkanes of at least 4 members (excludes halogenated alkanes) is 5. The van der Waals surface area contributed by atoms with E-state index in [2.05, 4.69) is 152 Å². The van der Waals surface area contributed by atoms with Crippen LogP contribution < -0.4 is 21.0 Å². The van der Waals surface area contributed by atoms with Crippen LogP contribution in [0.1, 0.15) is 45.4 Å². The minimum Gasteiger partial charge on any atom is -0.201 e. The third-order valence-corrected chi connectivity index (χ3v) is 8.00. The van der Waals surface area contributed by atoms with Crippen LogP contribution >= 0.6 is 0 Å². The number of aryl methyl sites for hydroxylation is 1. The Morgan fingerprint density at radius 2 is 0.947 bits per heavy atom. The monoisotopic (exact) mass is 499 g/mol. The van der Waals surface area contributed by atoms with Gasteiger partial charge in [0, 0.05) is 17.5 Å². The van der Waals surface area contributed by atoms with Crippen molar-refractivity contribution >= 4 is 33.4 Å². The lowest BCUT2D eigenvalue weighted by molar-refractivity contribution is -0.644. The fourth-order valence-electron chi connectivity index (χ4n) is 5.96. The Morgan fingerprint density at radius 1 is 0.500 bits per heavy atom. The van der Waals surface area contributed by atoms with Gasteiger partial charge in [-0.2, -0.15) is 22.7 Å². The van der Waals surface area contributed by atoms with E-state index in [4.69, 9.17) is 0 Å². The van der Waals surface area contributed by atoms with E-state index < -0.39 is 6.15 Å². The van der Waals surface area contributed by atoms with Crippen LogP contribution in [0, 0.1) is 0 Å². The van der Waals surface area contributed by atoms with Crippen molar-refractivity contribution in [1.29, 1.82) is 0 Å². The lowest BCUT2D eigenvalue weighted by atomic mass is 9.14. The van der Waals surface area contributed by atoms with E-state index in [1.807, 2.05) is 0 Å². The molecule has 0 aliphatic carbocycles. The summed E-state index contributed by atoms with van der Waals surface area (Å²) in [5, 5.41) is 1.29. The molecule has 0 atom stereocenters. The van der Waals surface area contributed by atoms with Gasteiger partial charge in [-0.05, 0) is 12.1 Å². The molecule has 194 valence electrons. The Bertz CT molecular complexity index is 1250. The lowest BCUT2D eigenvalue weighted by Crippen LogP contribution is -2.66. The summed E-state index contributed by atoms with van der Waals surface area (Å²) in [4.78, 5) is 0. The molecule has 0 N–H and O–H groups in total. The van der Waals surface area contributed by atoms with Crippen molar-refractivity contribution in [2.24, 2.45) is 7.05 Å². The zero-order valence-electron chi connectivity index (χ0n) is 23.2. The molecular weight excluding hydrogens is 457 g/mol. The highest BCUT2D eigenvalue weighted by atomic mass is 14.9. The first-order valence-corrected chi connectivity index (χ1v) is 14.4. The predicted octanol–water partition coefficient (Wildman–Crippen LogP) is 7.18. The fraction of sp³-hybridized carbons (Fsp3) is 0.250. The average Bonchev–Trinajstić information content (AvgIpc) is 2.99. The zero-order chi connectivity index (χ0) is 26.5. The number of rotatable bonds is 10. The summed E-state index contributed by atoms with van der Waals surface area (Å²) >= 11 is 0. The van der Waals surface area contributed by atoms with Gasteiger partial charge >= 0.3 is 0 Å². The van der Waals surface area contributed by atoms with Crippen molar-refractivity contribution < 1.29 is 4.57 Å². The van der Waals surface area contributed by atoms with Gasteiger partial charge in [0.05, 0.1) is 6.15 Å². The maximum Gasteiger partial charge on any atom is 0.212 e. The van der Waals surface area contributed by atoms with Crippen molar-refractivity contribution in [1.82, 2.24) is 0 Å². The molecule has 5 aromatic rings. The number of para-hydroxylation sites is 1. The summed E-state index contributed by atoms with van der Waals surface area (Å²) in [7, 11) is 2.06. The highest BCUT2D eigenvalue weighted by molar-refractivity contribution is 7.11. The van der Waals surface area contributed by atoms with Crippen LogP contribution in [0.2, 0.25) is 6.32 Å². The van der Waals surface area contributed by atoms with Gasteiger partial charge in [-0.3, -0.25) is 0 Å². The quantitative estimate of drug-likeness (QED) is 0.109. The maximum absolute atomic E-state index is 2.33. The first kappa shape index (κ1) is 27.4. The normalized spacial score (nSPS) is 11.1. The fourth-order valence-corrected chi connectivity index (χ4v) is 5.96. The Labute approximate surface area is 230 Å². The Hall–Kier alpha value is -3.65. The summed E-state index contributed by atoms with van der Waals surface area (Å²) in [6, 6.07) is 46.1. The summed E-state index contributed by atoms with van der Waals surface area (Å²) in [5.41, 5.74) is 5.66. The van der Waals surface area contributed by atoms with E-state index in [1.54, 1.807) is 0 Å². The van der Waals surface area contributed by atoms with Crippen molar-refractivity contribution in [3.63, 3.8) is 0 Å². The van der Waals surface area contributed by atoms with E-state index in [1.165, 1.54) is 72.1 Å². The molecule has 0 saturated carbocycles. The molecule has 0 fully saturated rings. The molecular formula is C36H42BN. The number of aromatic nitrogens is 1. The molecule has 0 unspecified atom stereocenters. The van der Waals surface area contributed by atoms with E-state index in [-0.39, 0.29) is 0 Å². The molecule has 1 aromatic heterocycles. The van der Waals surface area contributed by atoms with Gasteiger partial charge in [0.25, 0.3) is 0 Å². The first-order chi connectivity index (χ1) is 18.8. The highest BCUT2D eigenvalue weighted by Gasteiger charge is 2.29. The molecule has 2 heteroatoms. The molecule has 38 heavy (non-hydrogen) atoms. The molecule has 0 aliphatic rings.